The number of allylic oxidation sites excluding steroid dienone is 7. The molecular formula is C14H17F3O. The second-order valence-electron chi connectivity index (χ2n) is 3.67. The summed E-state index contributed by atoms with van der Waals surface area (Å²) in [6.45, 7) is 6.90. The number of halogens is 3. The predicted octanol–water partition coefficient (Wildman–Crippen LogP) is 4.53. The summed E-state index contributed by atoms with van der Waals surface area (Å²) in [5.41, 5.74) is -0.313. The van der Waals surface area contributed by atoms with E-state index in [1.807, 2.05) is 6.92 Å². The SMILES string of the molecule is C=C/C(=C/C(=O)/C=C(\C=C\C)C(F)(F)F)CCC. The molecule has 0 aliphatic heterocycles. The van der Waals surface area contributed by atoms with Crippen molar-refractivity contribution in [1.29, 1.82) is 0 Å². The van der Waals surface area contributed by atoms with E-state index in [1.165, 1.54) is 25.2 Å². The summed E-state index contributed by atoms with van der Waals surface area (Å²) in [4.78, 5) is 11.5. The fourth-order valence-corrected chi connectivity index (χ4v) is 1.30. The van der Waals surface area contributed by atoms with Gasteiger partial charge >= 0.3 is 6.18 Å². The molecule has 0 aromatic heterocycles. The van der Waals surface area contributed by atoms with Crippen LogP contribution in [0.4, 0.5) is 13.2 Å². The largest absolute Gasteiger partial charge is 0.416 e. The smallest absolute Gasteiger partial charge is 0.290 e. The van der Waals surface area contributed by atoms with E-state index in [1.54, 1.807) is 0 Å². The van der Waals surface area contributed by atoms with E-state index in [9.17, 15) is 18.0 Å². The molecule has 1 nitrogen and oxygen atoms in total. The minimum atomic E-state index is -4.52. The number of hydrogen-bond donors (Lipinski definition) is 0. The van der Waals surface area contributed by atoms with Gasteiger partial charge in [0.1, 0.15) is 0 Å². The van der Waals surface area contributed by atoms with Crippen molar-refractivity contribution < 1.29 is 18.0 Å². The summed E-state index contributed by atoms with van der Waals surface area (Å²) in [7, 11) is 0. The molecule has 4 heteroatoms. The van der Waals surface area contributed by atoms with Gasteiger partial charge in [0, 0.05) is 0 Å². The quantitative estimate of drug-likeness (QED) is 0.505. The summed E-state index contributed by atoms with van der Waals surface area (Å²) in [5.74, 6) is -0.677. The van der Waals surface area contributed by atoms with Gasteiger partial charge in [0.25, 0.3) is 0 Å². The molecule has 0 spiro atoms. The van der Waals surface area contributed by atoms with Gasteiger partial charge in [0.2, 0.25) is 0 Å². The van der Waals surface area contributed by atoms with Crippen LogP contribution in [0.15, 0.2) is 48.1 Å². The number of carbonyl (C=O) groups is 1. The Bertz CT molecular complexity index is 384. The van der Waals surface area contributed by atoms with Crippen LogP contribution in [0.5, 0.6) is 0 Å². The molecule has 0 aromatic rings. The van der Waals surface area contributed by atoms with Gasteiger partial charge < -0.3 is 0 Å². The first-order valence-corrected chi connectivity index (χ1v) is 5.63. The topological polar surface area (TPSA) is 17.1 Å². The third kappa shape index (κ3) is 6.23. The fraction of sp³-hybridized carbons (Fsp3) is 0.357. The minimum Gasteiger partial charge on any atom is -0.290 e. The van der Waals surface area contributed by atoms with Crippen LogP contribution in [-0.2, 0) is 4.79 Å². The highest BCUT2D eigenvalue weighted by atomic mass is 19.4. The number of ketones is 1. The first-order chi connectivity index (χ1) is 8.35. The van der Waals surface area contributed by atoms with Crippen LogP contribution in [0.2, 0.25) is 0 Å². The van der Waals surface area contributed by atoms with Crippen LogP contribution in [0.1, 0.15) is 26.7 Å². The molecule has 18 heavy (non-hydrogen) atoms. The Kier molecular flexibility index (Phi) is 7.01. The van der Waals surface area contributed by atoms with Gasteiger partial charge in [-0.3, -0.25) is 4.79 Å². The van der Waals surface area contributed by atoms with Crippen LogP contribution in [0.25, 0.3) is 0 Å². The van der Waals surface area contributed by atoms with Gasteiger partial charge in [0.15, 0.2) is 5.78 Å². The van der Waals surface area contributed by atoms with E-state index in [0.717, 1.165) is 12.5 Å². The van der Waals surface area contributed by atoms with Crippen LogP contribution in [-0.4, -0.2) is 12.0 Å². The maximum Gasteiger partial charge on any atom is 0.416 e. The first kappa shape index (κ1) is 16.4. The van der Waals surface area contributed by atoms with Crippen LogP contribution in [0, 0.1) is 0 Å². The van der Waals surface area contributed by atoms with E-state index in [2.05, 4.69) is 6.58 Å². The molecule has 0 saturated heterocycles. The number of carbonyl (C=O) groups excluding carboxylic acids is 1. The van der Waals surface area contributed by atoms with Crippen molar-refractivity contribution in [2.75, 3.05) is 0 Å². The van der Waals surface area contributed by atoms with E-state index < -0.39 is 17.5 Å². The third-order valence-corrected chi connectivity index (χ3v) is 2.10. The van der Waals surface area contributed by atoms with Crippen molar-refractivity contribution in [3.05, 3.63) is 48.1 Å². The maximum absolute atomic E-state index is 12.5. The Morgan fingerprint density at radius 1 is 1.28 bits per heavy atom. The van der Waals surface area contributed by atoms with E-state index in [4.69, 9.17) is 0 Å². The summed E-state index contributed by atoms with van der Waals surface area (Å²) >= 11 is 0. The second kappa shape index (κ2) is 7.69. The number of alkyl halides is 3. The molecule has 0 aliphatic rings. The van der Waals surface area contributed by atoms with E-state index in [-0.39, 0.29) is 0 Å². The normalized spacial score (nSPS) is 14.1. The second-order valence-corrected chi connectivity index (χ2v) is 3.67. The van der Waals surface area contributed by atoms with Crippen molar-refractivity contribution >= 4 is 5.78 Å². The Balaban J connectivity index is 5.14. The average molecular weight is 258 g/mol. The third-order valence-electron chi connectivity index (χ3n) is 2.10. The molecule has 0 rings (SSSR count). The summed E-state index contributed by atoms with van der Waals surface area (Å²) < 4.78 is 37.6. The summed E-state index contributed by atoms with van der Waals surface area (Å²) in [5, 5.41) is 0. The molecule has 0 saturated carbocycles. The van der Waals surface area contributed by atoms with Crippen LogP contribution < -0.4 is 0 Å². The summed E-state index contributed by atoms with van der Waals surface area (Å²) in [6.07, 6.45) is 2.29. The monoisotopic (exact) mass is 258 g/mol. The molecule has 0 aromatic carbocycles. The molecule has 0 heterocycles. The molecule has 0 unspecified atom stereocenters. The highest BCUT2D eigenvalue weighted by Crippen LogP contribution is 2.26. The lowest BCUT2D eigenvalue weighted by Gasteiger charge is -2.06. The Labute approximate surface area is 105 Å². The van der Waals surface area contributed by atoms with Crippen molar-refractivity contribution in [1.82, 2.24) is 0 Å². The molecule has 0 N–H and O–H groups in total. The number of hydrogen-bond acceptors (Lipinski definition) is 1. The van der Waals surface area contributed by atoms with E-state index >= 15 is 0 Å². The van der Waals surface area contributed by atoms with Crippen molar-refractivity contribution in [2.45, 2.75) is 32.9 Å². The molecule has 0 radical (unpaired) electrons. The zero-order chi connectivity index (χ0) is 14.2. The maximum atomic E-state index is 12.5. The zero-order valence-corrected chi connectivity index (χ0v) is 10.6. The predicted molar refractivity (Wildman–Crippen MR) is 67.1 cm³/mol. The van der Waals surface area contributed by atoms with Gasteiger partial charge in [-0.1, -0.05) is 38.2 Å². The van der Waals surface area contributed by atoms with Crippen molar-refractivity contribution in [2.24, 2.45) is 0 Å². The standard InChI is InChI=1S/C14H17F3O/c1-4-7-11(6-3)9-13(18)10-12(8-5-2)14(15,16)17/h5-6,8-10H,3-4,7H2,1-2H3/b8-5+,11-9-,12-10+. The molecular weight excluding hydrogens is 241 g/mol. The average Bonchev–Trinajstić information content (AvgIpc) is 2.26. The first-order valence-electron chi connectivity index (χ1n) is 5.63. The minimum absolute atomic E-state index is 0.596. The highest BCUT2D eigenvalue weighted by molar-refractivity contribution is 6.00. The van der Waals surface area contributed by atoms with Crippen molar-refractivity contribution in [3.63, 3.8) is 0 Å². The highest BCUT2D eigenvalue weighted by Gasteiger charge is 2.31. The fourth-order valence-electron chi connectivity index (χ4n) is 1.30. The van der Waals surface area contributed by atoms with Crippen LogP contribution in [0.3, 0.4) is 0 Å². The Morgan fingerprint density at radius 2 is 1.89 bits per heavy atom. The molecule has 100 valence electrons. The molecule has 0 fully saturated rings. The molecule has 0 amide bonds. The Hall–Kier alpha value is -1.58. The van der Waals surface area contributed by atoms with E-state index in [0.29, 0.717) is 18.1 Å². The molecule has 0 bridgehead atoms. The Morgan fingerprint density at radius 3 is 2.28 bits per heavy atom. The van der Waals surface area contributed by atoms with Crippen LogP contribution >= 0.6 is 0 Å². The zero-order valence-electron chi connectivity index (χ0n) is 10.6. The van der Waals surface area contributed by atoms with Crippen molar-refractivity contribution in [3.8, 4) is 0 Å². The molecule has 0 atom stereocenters. The van der Waals surface area contributed by atoms with Gasteiger partial charge in [-0.2, -0.15) is 13.2 Å². The molecule has 0 aliphatic carbocycles. The van der Waals surface area contributed by atoms with Gasteiger partial charge in [-0.15, -0.1) is 0 Å². The lowest BCUT2D eigenvalue weighted by atomic mass is 10.1. The lowest BCUT2D eigenvalue weighted by Crippen LogP contribution is -2.11. The lowest BCUT2D eigenvalue weighted by molar-refractivity contribution is -0.112. The van der Waals surface area contributed by atoms with Gasteiger partial charge in [-0.25, -0.2) is 0 Å². The summed E-state index contributed by atoms with van der Waals surface area (Å²) in [6, 6.07) is 0. The van der Waals surface area contributed by atoms with Gasteiger partial charge in [-0.05, 0) is 31.1 Å². The number of rotatable bonds is 6. The van der Waals surface area contributed by atoms with Gasteiger partial charge in [0.05, 0.1) is 5.57 Å².